The van der Waals surface area contributed by atoms with E-state index in [1.54, 1.807) is 19.3 Å². The van der Waals surface area contributed by atoms with E-state index < -0.39 is 0 Å². The van der Waals surface area contributed by atoms with Crippen LogP contribution in [0.15, 0.2) is 72.0 Å². The van der Waals surface area contributed by atoms with Gasteiger partial charge in [-0.15, -0.1) is 0 Å². The van der Waals surface area contributed by atoms with Gasteiger partial charge in [-0.25, -0.2) is 9.37 Å². The Hall–Kier alpha value is -3.15. The highest BCUT2D eigenvalue weighted by Gasteiger charge is 2.05. The van der Waals surface area contributed by atoms with Crippen LogP contribution in [0.5, 0.6) is 0 Å². The third-order valence-electron chi connectivity index (χ3n) is 3.98. The molecule has 5 nitrogen and oxygen atoms in total. The summed E-state index contributed by atoms with van der Waals surface area (Å²) < 4.78 is 15.3. The first-order valence-corrected chi connectivity index (χ1v) is 8.47. The molecule has 2 aromatic carbocycles. The molecule has 0 saturated carbocycles. The van der Waals surface area contributed by atoms with Crippen molar-refractivity contribution in [3.63, 3.8) is 0 Å². The molecule has 134 valence electrons. The van der Waals surface area contributed by atoms with Gasteiger partial charge in [0.15, 0.2) is 5.96 Å². The molecule has 0 unspecified atom stereocenters. The molecule has 0 amide bonds. The fourth-order valence-corrected chi connectivity index (χ4v) is 2.65. The van der Waals surface area contributed by atoms with E-state index >= 15 is 0 Å². The molecule has 0 aliphatic heterocycles. The van der Waals surface area contributed by atoms with Gasteiger partial charge in [0, 0.05) is 32.5 Å². The predicted molar refractivity (Wildman–Crippen MR) is 101 cm³/mol. The van der Waals surface area contributed by atoms with Crippen molar-refractivity contribution in [1.29, 1.82) is 0 Å². The summed E-state index contributed by atoms with van der Waals surface area (Å²) in [4.78, 5) is 8.62. The molecule has 0 fully saturated rings. The number of rotatable bonds is 6. The van der Waals surface area contributed by atoms with Crippen molar-refractivity contribution in [1.82, 2.24) is 20.2 Å². The fraction of sp³-hybridized carbons (Fsp3) is 0.200. The van der Waals surface area contributed by atoms with Crippen molar-refractivity contribution in [2.45, 2.75) is 19.6 Å². The van der Waals surface area contributed by atoms with Crippen molar-refractivity contribution < 1.29 is 4.39 Å². The minimum Gasteiger partial charge on any atom is -0.352 e. The number of aliphatic imine (C=N–C) groups is 1. The molecule has 0 bridgehead atoms. The lowest BCUT2D eigenvalue weighted by atomic mass is 10.2. The second-order valence-electron chi connectivity index (χ2n) is 5.87. The molecule has 3 aromatic rings. The Morgan fingerprint density at radius 2 is 1.81 bits per heavy atom. The first-order chi connectivity index (χ1) is 12.7. The van der Waals surface area contributed by atoms with E-state index in [1.807, 2.05) is 30.5 Å². The molecule has 0 radical (unpaired) electrons. The lowest BCUT2D eigenvalue weighted by molar-refractivity contribution is 0.624. The Morgan fingerprint density at radius 1 is 1.04 bits per heavy atom. The van der Waals surface area contributed by atoms with Crippen molar-refractivity contribution in [3.8, 4) is 0 Å². The van der Waals surface area contributed by atoms with Crippen LogP contribution in [-0.2, 0) is 19.6 Å². The van der Waals surface area contributed by atoms with Gasteiger partial charge in [-0.1, -0.05) is 42.5 Å². The number of hydrogen-bond donors (Lipinski definition) is 2. The summed E-state index contributed by atoms with van der Waals surface area (Å²) in [5, 5.41) is 6.42. The smallest absolute Gasteiger partial charge is 0.191 e. The van der Waals surface area contributed by atoms with Crippen LogP contribution in [0.4, 0.5) is 4.39 Å². The van der Waals surface area contributed by atoms with E-state index in [1.165, 1.54) is 17.7 Å². The summed E-state index contributed by atoms with van der Waals surface area (Å²) >= 11 is 0. The molecule has 0 spiro atoms. The number of nitrogens with zero attached hydrogens (tertiary/aromatic N) is 3. The molecule has 0 atom stereocenters. The molecule has 0 aliphatic rings. The molecule has 0 saturated heterocycles. The summed E-state index contributed by atoms with van der Waals surface area (Å²) in [7, 11) is 1.71. The maximum absolute atomic E-state index is 13.2. The fourth-order valence-electron chi connectivity index (χ4n) is 2.65. The Kier molecular flexibility index (Phi) is 5.98. The zero-order valence-electron chi connectivity index (χ0n) is 14.7. The summed E-state index contributed by atoms with van der Waals surface area (Å²) in [5.41, 5.74) is 2.08. The molecule has 26 heavy (non-hydrogen) atoms. The number of aromatic nitrogens is 2. The zero-order chi connectivity index (χ0) is 18.2. The van der Waals surface area contributed by atoms with E-state index in [0.717, 1.165) is 17.9 Å². The van der Waals surface area contributed by atoms with Gasteiger partial charge < -0.3 is 15.2 Å². The second kappa shape index (κ2) is 8.80. The van der Waals surface area contributed by atoms with E-state index in [4.69, 9.17) is 0 Å². The number of benzene rings is 2. The predicted octanol–water partition coefficient (Wildman–Crippen LogP) is 2.94. The van der Waals surface area contributed by atoms with Gasteiger partial charge in [0.25, 0.3) is 0 Å². The first kappa shape index (κ1) is 17.7. The largest absolute Gasteiger partial charge is 0.352 e. The number of imidazole rings is 1. The van der Waals surface area contributed by atoms with Gasteiger partial charge in [0.05, 0.1) is 6.54 Å². The van der Waals surface area contributed by atoms with Crippen molar-refractivity contribution in [3.05, 3.63) is 89.8 Å². The van der Waals surface area contributed by atoms with Crippen molar-refractivity contribution >= 4 is 5.96 Å². The number of guanidine groups is 1. The van der Waals surface area contributed by atoms with E-state index in [2.05, 4.69) is 37.3 Å². The second-order valence-corrected chi connectivity index (χ2v) is 5.87. The van der Waals surface area contributed by atoms with Crippen molar-refractivity contribution in [2.75, 3.05) is 7.05 Å². The highest BCUT2D eigenvalue weighted by atomic mass is 19.1. The first-order valence-electron chi connectivity index (χ1n) is 8.47. The minimum absolute atomic E-state index is 0.241. The SMILES string of the molecule is CN=C(NCc1cccc(F)c1)NCc1nccn1Cc1ccccc1. The quantitative estimate of drug-likeness (QED) is 0.530. The van der Waals surface area contributed by atoms with E-state index in [0.29, 0.717) is 19.0 Å². The Morgan fingerprint density at radius 3 is 2.58 bits per heavy atom. The average Bonchev–Trinajstić information content (AvgIpc) is 3.10. The highest BCUT2D eigenvalue weighted by Crippen LogP contribution is 2.06. The molecule has 2 N–H and O–H groups in total. The lowest BCUT2D eigenvalue weighted by Crippen LogP contribution is -2.37. The van der Waals surface area contributed by atoms with Crippen LogP contribution in [0.1, 0.15) is 17.0 Å². The standard InChI is InChI=1S/C20H22FN5/c1-22-20(24-13-17-8-5-9-18(21)12-17)25-14-19-23-10-11-26(19)15-16-6-3-2-4-7-16/h2-12H,13-15H2,1H3,(H2,22,24,25). The maximum atomic E-state index is 13.2. The molecular weight excluding hydrogens is 329 g/mol. The third-order valence-corrected chi connectivity index (χ3v) is 3.98. The van der Waals surface area contributed by atoms with Gasteiger partial charge >= 0.3 is 0 Å². The lowest BCUT2D eigenvalue weighted by Gasteiger charge is -2.13. The van der Waals surface area contributed by atoms with Crippen LogP contribution < -0.4 is 10.6 Å². The number of halogens is 1. The van der Waals surface area contributed by atoms with Gasteiger partial charge in [0.2, 0.25) is 0 Å². The van der Waals surface area contributed by atoms with Gasteiger partial charge in [-0.2, -0.15) is 0 Å². The zero-order valence-corrected chi connectivity index (χ0v) is 14.7. The van der Waals surface area contributed by atoms with Gasteiger partial charge in [-0.3, -0.25) is 4.99 Å². The molecule has 1 heterocycles. The molecular formula is C20H22FN5. The molecule has 1 aromatic heterocycles. The Bertz CT molecular complexity index is 857. The topological polar surface area (TPSA) is 54.2 Å². The van der Waals surface area contributed by atoms with Crippen LogP contribution in [0.25, 0.3) is 0 Å². The van der Waals surface area contributed by atoms with Crippen LogP contribution in [0.2, 0.25) is 0 Å². The monoisotopic (exact) mass is 351 g/mol. The van der Waals surface area contributed by atoms with E-state index in [9.17, 15) is 4.39 Å². The summed E-state index contributed by atoms with van der Waals surface area (Å²) in [6.45, 7) is 1.81. The van der Waals surface area contributed by atoms with Crippen LogP contribution in [0.3, 0.4) is 0 Å². The molecule has 6 heteroatoms. The average molecular weight is 351 g/mol. The van der Waals surface area contributed by atoms with Crippen LogP contribution >= 0.6 is 0 Å². The number of nitrogens with one attached hydrogen (secondary N) is 2. The van der Waals surface area contributed by atoms with Crippen LogP contribution in [0, 0.1) is 5.82 Å². The van der Waals surface area contributed by atoms with Gasteiger partial charge in [0.1, 0.15) is 11.6 Å². The minimum atomic E-state index is -0.241. The highest BCUT2D eigenvalue weighted by molar-refractivity contribution is 5.79. The maximum Gasteiger partial charge on any atom is 0.191 e. The Labute approximate surface area is 152 Å². The van der Waals surface area contributed by atoms with Crippen LogP contribution in [-0.4, -0.2) is 22.6 Å². The normalized spacial score (nSPS) is 11.4. The van der Waals surface area contributed by atoms with Crippen molar-refractivity contribution in [2.24, 2.45) is 4.99 Å². The molecule has 3 rings (SSSR count). The summed E-state index contributed by atoms with van der Waals surface area (Å²) in [6.07, 6.45) is 3.76. The summed E-state index contributed by atoms with van der Waals surface area (Å²) in [6, 6.07) is 16.8. The van der Waals surface area contributed by atoms with Gasteiger partial charge in [-0.05, 0) is 23.3 Å². The molecule has 0 aliphatic carbocycles. The Balaban J connectivity index is 1.55. The summed E-state index contributed by atoms with van der Waals surface area (Å²) in [5.74, 6) is 1.32. The van der Waals surface area contributed by atoms with E-state index in [-0.39, 0.29) is 5.82 Å². The number of hydrogen-bond acceptors (Lipinski definition) is 2. The third kappa shape index (κ3) is 4.92.